The summed E-state index contributed by atoms with van der Waals surface area (Å²) in [4.78, 5) is 33.7. The highest BCUT2D eigenvalue weighted by Gasteiger charge is 2.21. The molecular formula is C19H13BrN4O3S2. The van der Waals surface area contributed by atoms with E-state index in [2.05, 4.69) is 36.7 Å². The van der Waals surface area contributed by atoms with E-state index in [0.29, 0.717) is 26.9 Å². The minimum absolute atomic E-state index is 0.141. The molecule has 3 aromatic heterocycles. The number of aromatic nitrogens is 2. The minimum Gasteiger partial charge on any atom is -0.451 e. The lowest BCUT2D eigenvalue weighted by molar-refractivity contribution is 0.0833. The molecule has 4 rings (SSSR count). The molecule has 0 unspecified atom stereocenters. The predicted octanol–water partition coefficient (Wildman–Crippen LogP) is 4.41. The number of fused-ring (bicyclic) bond motifs is 1. The molecule has 7 nitrogen and oxygen atoms in total. The van der Waals surface area contributed by atoms with Crippen LogP contribution in [0.15, 0.2) is 68.2 Å². The fourth-order valence-electron chi connectivity index (χ4n) is 2.59. The van der Waals surface area contributed by atoms with Crippen LogP contribution in [0.25, 0.3) is 11.0 Å². The molecule has 29 heavy (non-hydrogen) atoms. The molecule has 2 N–H and O–H groups in total. The van der Waals surface area contributed by atoms with Gasteiger partial charge >= 0.3 is 5.91 Å². The number of hydrazine groups is 1. The van der Waals surface area contributed by atoms with Gasteiger partial charge in [-0.2, -0.15) is 0 Å². The highest BCUT2D eigenvalue weighted by molar-refractivity contribution is 9.11. The number of thioether (sulfide) groups is 1. The number of halogens is 1. The van der Waals surface area contributed by atoms with Gasteiger partial charge in [-0.05, 0) is 40.2 Å². The SMILES string of the molecule is O=C(NNC(=O)c1oc2ccccc2c1CSc1ncccn1)c1ccc(Br)s1. The molecule has 2 amide bonds. The van der Waals surface area contributed by atoms with Crippen LogP contribution < -0.4 is 10.9 Å². The predicted molar refractivity (Wildman–Crippen MR) is 115 cm³/mol. The van der Waals surface area contributed by atoms with Gasteiger partial charge in [-0.25, -0.2) is 9.97 Å². The zero-order valence-corrected chi connectivity index (χ0v) is 17.9. The molecular weight excluding hydrogens is 476 g/mol. The second kappa shape index (κ2) is 8.76. The van der Waals surface area contributed by atoms with Crippen molar-refractivity contribution in [2.45, 2.75) is 10.9 Å². The highest BCUT2D eigenvalue weighted by Crippen LogP contribution is 2.31. The number of para-hydroxylation sites is 1. The molecule has 3 heterocycles. The Labute approximate surface area is 182 Å². The Kier molecular flexibility index (Phi) is 5.93. The number of furan rings is 1. The molecule has 0 fully saturated rings. The summed E-state index contributed by atoms with van der Waals surface area (Å²) in [7, 11) is 0. The number of carbonyl (C=O) groups is 2. The van der Waals surface area contributed by atoms with E-state index in [1.807, 2.05) is 18.2 Å². The van der Waals surface area contributed by atoms with Crippen molar-refractivity contribution in [2.24, 2.45) is 0 Å². The molecule has 146 valence electrons. The largest absolute Gasteiger partial charge is 0.451 e. The van der Waals surface area contributed by atoms with Gasteiger partial charge in [-0.1, -0.05) is 30.0 Å². The number of amides is 2. The second-order valence-corrected chi connectivity index (χ2v) is 9.14. The van der Waals surface area contributed by atoms with Crippen molar-refractivity contribution in [1.29, 1.82) is 0 Å². The molecule has 0 saturated carbocycles. The van der Waals surface area contributed by atoms with Crippen LogP contribution in [0.2, 0.25) is 0 Å². The molecule has 0 aliphatic carbocycles. The Hall–Kier alpha value is -2.69. The van der Waals surface area contributed by atoms with E-state index >= 15 is 0 Å². The van der Waals surface area contributed by atoms with Crippen LogP contribution in [-0.4, -0.2) is 21.8 Å². The Morgan fingerprint density at radius 2 is 1.79 bits per heavy atom. The maximum atomic E-state index is 12.7. The Balaban J connectivity index is 1.54. The number of benzene rings is 1. The van der Waals surface area contributed by atoms with Gasteiger partial charge in [0, 0.05) is 29.1 Å². The maximum absolute atomic E-state index is 12.7. The van der Waals surface area contributed by atoms with E-state index in [0.717, 1.165) is 9.17 Å². The van der Waals surface area contributed by atoms with Crippen LogP contribution in [-0.2, 0) is 5.75 Å². The van der Waals surface area contributed by atoms with Gasteiger partial charge in [0.2, 0.25) is 0 Å². The van der Waals surface area contributed by atoms with Gasteiger partial charge in [0.05, 0.1) is 8.66 Å². The van der Waals surface area contributed by atoms with E-state index in [1.165, 1.54) is 23.1 Å². The van der Waals surface area contributed by atoms with Crippen molar-refractivity contribution in [1.82, 2.24) is 20.8 Å². The fourth-order valence-corrected chi connectivity index (χ4v) is 4.70. The van der Waals surface area contributed by atoms with Crippen molar-refractivity contribution >= 4 is 61.8 Å². The van der Waals surface area contributed by atoms with Crippen LogP contribution in [0.5, 0.6) is 0 Å². The second-order valence-electron chi connectivity index (χ2n) is 5.74. The van der Waals surface area contributed by atoms with Gasteiger partial charge in [0.25, 0.3) is 5.91 Å². The first-order chi connectivity index (χ1) is 14.1. The molecule has 4 aromatic rings. The van der Waals surface area contributed by atoms with Gasteiger partial charge in [0.1, 0.15) is 5.58 Å². The van der Waals surface area contributed by atoms with Crippen molar-refractivity contribution in [3.05, 3.63) is 74.8 Å². The van der Waals surface area contributed by atoms with Crippen LogP contribution >= 0.6 is 39.0 Å². The summed E-state index contributed by atoms with van der Waals surface area (Å²) in [5, 5.41) is 1.43. The maximum Gasteiger partial charge on any atom is 0.305 e. The molecule has 1 aromatic carbocycles. The van der Waals surface area contributed by atoms with Gasteiger partial charge in [-0.3, -0.25) is 20.4 Å². The lowest BCUT2D eigenvalue weighted by Crippen LogP contribution is -2.41. The van der Waals surface area contributed by atoms with Crippen LogP contribution in [0.1, 0.15) is 25.8 Å². The summed E-state index contributed by atoms with van der Waals surface area (Å²) in [6.45, 7) is 0. The number of rotatable bonds is 5. The average molecular weight is 489 g/mol. The molecule has 0 aliphatic heterocycles. The van der Waals surface area contributed by atoms with Crippen molar-refractivity contribution in [2.75, 3.05) is 0 Å². The fraction of sp³-hybridized carbons (Fsp3) is 0.0526. The number of hydrogen-bond acceptors (Lipinski definition) is 7. The number of carbonyl (C=O) groups excluding carboxylic acids is 2. The summed E-state index contributed by atoms with van der Waals surface area (Å²) in [6, 6.07) is 12.6. The number of nitrogens with one attached hydrogen (secondary N) is 2. The third-order valence-corrected chi connectivity index (χ3v) is 6.40. The number of hydrogen-bond donors (Lipinski definition) is 2. The highest BCUT2D eigenvalue weighted by atomic mass is 79.9. The Morgan fingerprint density at radius 1 is 1.03 bits per heavy atom. The van der Waals surface area contributed by atoms with Crippen molar-refractivity contribution < 1.29 is 14.0 Å². The summed E-state index contributed by atoms with van der Waals surface area (Å²) >= 11 is 5.97. The number of nitrogens with zero attached hydrogens (tertiary/aromatic N) is 2. The zero-order chi connectivity index (χ0) is 20.2. The van der Waals surface area contributed by atoms with E-state index in [-0.39, 0.29) is 5.76 Å². The van der Waals surface area contributed by atoms with Crippen molar-refractivity contribution in [3.8, 4) is 0 Å². The standard InChI is InChI=1S/C19H13BrN4O3S2/c20-15-7-6-14(29-15)17(25)23-24-18(26)16-12(10-28-19-21-8-3-9-22-19)11-4-1-2-5-13(11)27-16/h1-9H,10H2,(H,23,25)(H,24,26). The van der Waals surface area contributed by atoms with Gasteiger partial charge in [-0.15, -0.1) is 11.3 Å². The van der Waals surface area contributed by atoms with E-state index in [9.17, 15) is 9.59 Å². The van der Waals surface area contributed by atoms with Crippen molar-refractivity contribution in [3.63, 3.8) is 0 Å². The quantitative estimate of drug-likeness (QED) is 0.245. The topological polar surface area (TPSA) is 97.1 Å². The zero-order valence-electron chi connectivity index (χ0n) is 14.7. The normalized spacial score (nSPS) is 10.8. The first kappa shape index (κ1) is 19.6. The van der Waals surface area contributed by atoms with Crippen LogP contribution in [0.4, 0.5) is 0 Å². The summed E-state index contributed by atoms with van der Waals surface area (Å²) in [5.74, 6) is -0.355. The van der Waals surface area contributed by atoms with E-state index < -0.39 is 11.8 Å². The van der Waals surface area contributed by atoms with Crippen LogP contribution in [0, 0.1) is 0 Å². The third-order valence-electron chi connectivity index (χ3n) is 3.88. The van der Waals surface area contributed by atoms with Gasteiger partial charge < -0.3 is 4.42 Å². The molecule has 0 spiro atoms. The lowest BCUT2D eigenvalue weighted by Gasteiger charge is -2.06. The summed E-state index contributed by atoms with van der Waals surface area (Å²) in [5.41, 5.74) is 6.15. The van der Waals surface area contributed by atoms with Gasteiger partial charge in [0.15, 0.2) is 10.9 Å². The monoisotopic (exact) mass is 488 g/mol. The van der Waals surface area contributed by atoms with Crippen LogP contribution in [0.3, 0.4) is 0 Å². The van der Waals surface area contributed by atoms with E-state index in [4.69, 9.17) is 4.42 Å². The molecule has 0 aliphatic rings. The third kappa shape index (κ3) is 4.50. The first-order valence-corrected chi connectivity index (χ1v) is 11.0. The Bertz CT molecular complexity index is 1180. The first-order valence-electron chi connectivity index (χ1n) is 8.38. The average Bonchev–Trinajstić information content (AvgIpc) is 3.34. The smallest absolute Gasteiger partial charge is 0.305 e. The Morgan fingerprint density at radius 3 is 2.55 bits per heavy atom. The molecule has 0 bridgehead atoms. The molecule has 0 saturated heterocycles. The summed E-state index contributed by atoms with van der Waals surface area (Å²) in [6.07, 6.45) is 3.32. The minimum atomic E-state index is -0.533. The molecule has 0 radical (unpaired) electrons. The molecule has 0 atom stereocenters. The molecule has 10 heteroatoms. The van der Waals surface area contributed by atoms with E-state index in [1.54, 1.807) is 36.7 Å². The lowest BCUT2D eigenvalue weighted by atomic mass is 10.1. The number of thiophene rings is 1. The summed E-state index contributed by atoms with van der Waals surface area (Å²) < 4.78 is 6.60.